The number of anilines is 1. The summed E-state index contributed by atoms with van der Waals surface area (Å²) in [6.45, 7) is 4.82. The molecule has 1 fully saturated rings. The molecule has 3 aromatic rings. The van der Waals surface area contributed by atoms with Crippen LogP contribution in [0.3, 0.4) is 0 Å². The molecule has 0 saturated carbocycles. The Hall–Kier alpha value is -2.21. The van der Waals surface area contributed by atoms with Gasteiger partial charge in [0, 0.05) is 58.2 Å². The maximum Gasteiger partial charge on any atom is 0.0800 e. The molecule has 2 heterocycles. The van der Waals surface area contributed by atoms with Crippen LogP contribution in [0.25, 0.3) is 5.70 Å². The van der Waals surface area contributed by atoms with Crippen molar-refractivity contribution in [2.75, 3.05) is 37.7 Å². The lowest BCUT2D eigenvalue weighted by Crippen LogP contribution is -2.35. The highest BCUT2D eigenvalue weighted by atomic mass is 35.5. The fourth-order valence-electron chi connectivity index (χ4n) is 4.73. The summed E-state index contributed by atoms with van der Waals surface area (Å²) in [4.78, 5) is 4.67. The molecule has 0 bridgehead atoms. The molecule has 176 valence electrons. The van der Waals surface area contributed by atoms with Crippen LogP contribution in [-0.2, 0) is 11.3 Å². The third-order valence-corrected chi connectivity index (χ3v) is 7.28. The predicted molar refractivity (Wildman–Crippen MR) is 142 cm³/mol. The minimum Gasteiger partial charge on any atom is -0.398 e. The number of hydrogen-bond donors (Lipinski definition) is 1. The van der Waals surface area contributed by atoms with Crippen molar-refractivity contribution in [3.05, 3.63) is 104 Å². The summed E-state index contributed by atoms with van der Waals surface area (Å²) in [5, 5.41) is 2.12. The van der Waals surface area contributed by atoms with E-state index >= 15 is 0 Å². The number of nitrogens with two attached hydrogens (primary N) is 1. The largest absolute Gasteiger partial charge is 0.398 e. The summed E-state index contributed by atoms with van der Waals surface area (Å²) in [5.74, 6) is 0. The molecular formula is C27H26Cl3N3O. The van der Waals surface area contributed by atoms with E-state index in [4.69, 9.17) is 45.3 Å². The van der Waals surface area contributed by atoms with Crippen LogP contribution < -0.4 is 10.6 Å². The fraction of sp³-hybridized carbons (Fsp3) is 0.259. The van der Waals surface area contributed by atoms with Gasteiger partial charge in [0.2, 0.25) is 0 Å². The van der Waals surface area contributed by atoms with Crippen molar-refractivity contribution in [1.29, 1.82) is 0 Å². The van der Waals surface area contributed by atoms with E-state index in [1.54, 1.807) is 0 Å². The van der Waals surface area contributed by atoms with Gasteiger partial charge >= 0.3 is 0 Å². The van der Waals surface area contributed by atoms with Crippen LogP contribution in [0.2, 0.25) is 15.1 Å². The summed E-state index contributed by atoms with van der Waals surface area (Å²) < 4.78 is 5.47. The zero-order chi connectivity index (χ0) is 23.7. The van der Waals surface area contributed by atoms with E-state index in [9.17, 15) is 0 Å². The van der Waals surface area contributed by atoms with Crippen LogP contribution in [0, 0.1) is 0 Å². The zero-order valence-electron chi connectivity index (χ0n) is 18.7. The monoisotopic (exact) mass is 513 g/mol. The van der Waals surface area contributed by atoms with Crippen molar-refractivity contribution in [2.45, 2.75) is 12.6 Å². The van der Waals surface area contributed by atoms with Crippen molar-refractivity contribution < 1.29 is 4.74 Å². The number of rotatable bonds is 5. The number of hydrogen-bond acceptors (Lipinski definition) is 4. The van der Waals surface area contributed by atoms with Gasteiger partial charge in [0.25, 0.3) is 0 Å². The van der Waals surface area contributed by atoms with Gasteiger partial charge in [-0.15, -0.1) is 0 Å². The number of halogens is 3. The molecule has 1 unspecified atom stereocenters. The van der Waals surface area contributed by atoms with Crippen LogP contribution >= 0.6 is 34.8 Å². The van der Waals surface area contributed by atoms with Gasteiger partial charge in [-0.3, -0.25) is 4.90 Å². The molecular weight excluding hydrogens is 489 g/mol. The Morgan fingerprint density at radius 3 is 2.41 bits per heavy atom. The maximum atomic E-state index is 6.84. The topological polar surface area (TPSA) is 41.7 Å². The SMILES string of the molecule is NC1=CCN(C(c2cccc(Cl)c2)c2ccc(CN3CCOCC3)c(Cl)c2)c2cc(Cl)ccc21. The van der Waals surface area contributed by atoms with Gasteiger partial charge in [0.05, 0.1) is 19.3 Å². The first-order valence-corrected chi connectivity index (χ1v) is 12.5. The molecule has 2 aliphatic heterocycles. The van der Waals surface area contributed by atoms with Crippen LogP contribution in [-0.4, -0.2) is 37.7 Å². The average molecular weight is 515 g/mol. The Morgan fingerprint density at radius 2 is 1.65 bits per heavy atom. The van der Waals surface area contributed by atoms with Gasteiger partial charge in [-0.25, -0.2) is 0 Å². The Morgan fingerprint density at radius 1 is 0.882 bits per heavy atom. The maximum absolute atomic E-state index is 6.84. The zero-order valence-corrected chi connectivity index (χ0v) is 21.0. The first kappa shape index (κ1) is 23.5. The van der Waals surface area contributed by atoms with Gasteiger partial charge < -0.3 is 15.4 Å². The molecule has 0 aliphatic carbocycles. The number of benzene rings is 3. The smallest absolute Gasteiger partial charge is 0.0800 e. The van der Waals surface area contributed by atoms with E-state index in [0.29, 0.717) is 16.6 Å². The number of fused-ring (bicyclic) bond motifs is 1. The minimum atomic E-state index is -0.116. The lowest BCUT2D eigenvalue weighted by atomic mass is 9.93. The highest BCUT2D eigenvalue weighted by Crippen LogP contribution is 2.41. The lowest BCUT2D eigenvalue weighted by Gasteiger charge is -2.38. The highest BCUT2D eigenvalue weighted by Gasteiger charge is 2.28. The first-order valence-electron chi connectivity index (χ1n) is 11.4. The Bertz CT molecular complexity index is 1220. The number of nitrogens with zero attached hydrogens (tertiary/aromatic N) is 2. The molecule has 3 aromatic carbocycles. The molecule has 2 aliphatic rings. The van der Waals surface area contributed by atoms with Gasteiger partial charge in [-0.1, -0.05) is 59.1 Å². The second-order valence-electron chi connectivity index (χ2n) is 8.67. The van der Waals surface area contributed by atoms with Crippen LogP contribution in [0.15, 0.2) is 66.7 Å². The third-order valence-electron chi connectivity index (χ3n) is 6.45. The van der Waals surface area contributed by atoms with Crippen molar-refractivity contribution in [1.82, 2.24) is 4.90 Å². The molecule has 0 radical (unpaired) electrons. The van der Waals surface area contributed by atoms with E-state index in [0.717, 1.165) is 71.5 Å². The average Bonchev–Trinajstić information content (AvgIpc) is 2.83. The quantitative estimate of drug-likeness (QED) is 0.428. The molecule has 1 atom stereocenters. The minimum absolute atomic E-state index is 0.116. The standard InChI is InChI=1S/C27H26Cl3N3O/c28-21-3-1-2-18(14-21)27(33-9-8-25(31)23-7-6-22(29)16-26(23)33)19-4-5-20(24(30)15-19)17-32-10-12-34-13-11-32/h1-8,14-16,27H,9-13,17,31H2. The molecule has 0 aromatic heterocycles. The van der Waals surface area contributed by atoms with Crippen molar-refractivity contribution in [2.24, 2.45) is 5.73 Å². The molecule has 7 heteroatoms. The second kappa shape index (κ2) is 10.2. The summed E-state index contributed by atoms with van der Waals surface area (Å²) in [6.07, 6.45) is 2.04. The Labute approximate surface area is 215 Å². The molecule has 0 spiro atoms. The van der Waals surface area contributed by atoms with E-state index < -0.39 is 0 Å². The molecule has 4 nitrogen and oxygen atoms in total. The Balaban J connectivity index is 1.56. The van der Waals surface area contributed by atoms with Gasteiger partial charge in [-0.05, 0) is 59.2 Å². The van der Waals surface area contributed by atoms with E-state index in [1.165, 1.54) is 0 Å². The molecule has 1 saturated heterocycles. The van der Waals surface area contributed by atoms with Crippen molar-refractivity contribution in [3.63, 3.8) is 0 Å². The lowest BCUT2D eigenvalue weighted by molar-refractivity contribution is 0.0342. The summed E-state index contributed by atoms with van der Waals surface area (Å²) >= 11 is 19.7. The Kier molecular flexibility index (Phi) is 7.05. The summed E-state index contributed by atoms with van der Waals surface area (Å²) in [5.41, 5.74) is 12.3. The molecule has 0 amide bonds. The first-order chi connectivity index (χ1) is 16.5. The van der Waals surface area contributed by atoms with E-state index in [-0.39, 0.29) is 6.04 Å². The van der Waals surface area contributed by atoms with Crippen LogP contribution in [0.5, 0.6) is 0 Å². The fourth-order valence-corrected chi connectivity index (χ4v) is 5.34. The number of ether oxygens (including phenoxy) is 1. The van der Waals surface area contributed by atoms with E-state index in [2.05, 4.69) is 34.1 Å². The van der Waals surface area contributed by atoms with Gasteiger partial charge in [-0.2, -0.15) is 0 Å². The van der Waals surface area contributed by atoms with Gasteiger partial charge in [0.15, 0.2) is 0 Å². The third kappa shape index (κ3) is 4.93. The predicted octanol–water partition coefficient (Wildman–Crippen LogP) is 6.39. The van der Waals surface area contributed by atoms with Crippen molar-refractivity contribution >= 4 is 46.2 Å². The van der Waals surface area contributed by atoms with Crippen molar-refractivity contribution in [3.8, 4) is 0 Å². The van der Waals surface area contributed by atoms with Crippen LogP contribution in [0.1, 0.15) is 28.3 Å². The highest BCUT2D eigenvalue weighted by molar-refractivity contribution is 6.31. The molecule has 5 rings (SSSR count). The second-order valence-corrected chi connectivity index (χ2v) is 9.95. The van der Waals surface area contributed by atoms with Crippen LogP contribution in [0.4, 0.5) is 5.69 Å². The van der Waals surface area contributed by atoms with Gasteiger partial charge in [0.1, 0.15) is 0 Å². The summed E-state index contributed by atoms with van der Waals surface area (Å²) in [7, 11) is 0. The molecule has 2 N–H and O–H groups in total. The normalized spacial score (nSPS) is 17.3. The summed E-state index contributed by atoms with van der Waals surface area (Å²) in [6, 6.07) is 20.1. The van der Waals surface area contributed by atoms with E-state index in [1.807, 2.05) is 42.5 Å². The molecule has 34 heavy (non-hydrogen) atoms. The number of morpholine rings is 1.